The highest BCUT2D eigenvalue weighted by Crippen LogP contribution is 2.32. The number of aromatic nitrogens is 1. The molecule has 1 aromatic rings. The van der Waals surface area contributed by atoms with Gasteiger partial charge in [0.15, 0.2) is 0 Å². The molecule has 0 radical (unpaired) electrons. The molecule has 2 nitrogen and oxygen atoms in total. The van der Waals surface area contributed by atoms with Crippen molar-refractivity contribution in [3.63, 3.8) is 0 Å². The first-order valence-corrected chi connectivity index (χ1v) is 5.47. The van der Waals surface area contributed by atoms with Gasteiger partial charge in [0.05, 0.1) is 0 Å². The van der Waals surface area contributed by atoms with E-state index in [0.29, 0.717) is 6.04 Å². The van der Waals surface area contributed by atoms with Crippen LogP contribution < -0.4 is 0 Å². The van der Waals surface area contributed by atoms with Crippen molar-refractivity contribution in [2.45, 2.75) is 32.7 Å². The third kappa shape index (κ3) is 1.67. The highest BCUT2D eigenvalue weighted by molar-refractivity contribution is 5.25. The summed E-state index contributed by atoms with van der Waals surface area (Å²) in [7, 11) is 0. The van der Waals surface area contributed by atoms with E-state index in [-0.39, 0.29) is 0 Å². The zero-order valence-electron chi connectivity index (χ0n) is 9.03. The van der Waals surface area contributed by atoms with Crippen LogP contribution in [0, 0.1) is 6.92 Å². The SMILES string of the molecule is CCN1CCCC1c1cnccc1C. The van der Waals surface area contributed by atoms with Crippen molar-refractivity contribution in [1.82, 2.24) is 9.88 Å². The molecule has 1 atom stereocenters. The topological polar surface area (TPSA) is 16.1 Å². The Balaban J connectivity index is 2.26. The average molecular weight is 190 g/mol. The summed E-state index contributed by atoms with van der Waals surface area (Å²) in [6.07, 6.45) is 6.53. The minimum absolute atomic E-state index is 0.619. The van der Waals surface area contributed by atoms with Crippen LogP contribution in [0.2, 0.25) is 0 Å². The number of aryl methyl sites for hydroxylation is 1. The molecular formula is C12H18N2. The van der Waals surface area contributed by atoms with Gasteiger partial charge in [-0.1, -0.05) is 6.92 Å². The van der Waals surface area contributed by atoms with E-state index in [0.717, 1.165) is 6.54 Å². The third-order valence-electron chi connectivity index (χ3n) is 3.21. The first kappa shape index (κ1) is 9.66. The second-order valence-corrected chi connectivity index (χ2v) is 4.02. The fourth-order valence-corrected chi connectivity index (χ4v) is 2.38. The second kappa shape index (κ2) is 4.09. The molecule has 0 N–H and O–H groups in total. The van der Waals surface area contributed by atoms with Crippen molar-refractivity contribution in [3.05, 3.63) is 29.6 Å². The maximum atomic E-state index is 4.23. The van der Waals surface area contributed by atoms with E-state index in [4.69, 9.17) is 0 Å². The van der Waals surface area contributed by atoms with E-state index in [1.165, 1.54) is 30.5 Å². The molecule has 0 spiro atoms. The van der Waals surface area contributed by atoms with Crippen LogP contribution >= 0.6 is 0 Å². The average Bonchev–Trinajstić information content (AvgIpc) is 2.66. The van der Waals surface area contributed by atoms with Gasteiger partial charge in [0, 0.05) is 18.4 Å². The van der Waals surface area contributed by atoms with Crippen LogP contribution in [0.15, 0.2) is 18.5 Å². The lowest BCUT2D eigenvalue weighted by Crippen LogP contribution is -2.23. The highest BCUT2D eigenvalue weighted by atomic mass is 15.2. The summed E-state index contributed by atoms with van der Waals surface area (Å²) < 4.78 is 0. The summed E-state index contributed by atoms with van der Waals surface area (Å²) in [5.41, 5.74) is 2.80. The van der Waals surface area contributed by atoms with Gasteiger partial charge in [0.25, 0.3) is 0 Å². The largest absolute Gasteiger partial charge is 0.297 e. The first-order valence-electron chi connectivity index (χ1n) is 5.47. The summed E-state index contributed by atoms with van der Waals surface area (Å²) in [4.78, 5) is 6.78. The predicted molar refractivity (Wildman–Crippen MR) is 58.2 cm³/mol. The molecule has 0 amide bonds. The molecule has 2 rings (SSSR count). The van der Waals surface area contributed by atoms with Crippen LogP contribution in [0.25, 0.3) is 0 Å². The number of likely N-dealkylation sites (tertiary alicyclic amines) is 1. The molecule has 2 heteroatoms. The predicted octanol–water partition coefficient (Wildman–Crippen LogP) is 2.55. The Hall–Kier alpha value is -0.890. The molecule has 76 valence electrons. The number of pyridine rings is 1. The Bertz CT molecular complexity index is 309. The maximum absolute atomic E-state index is 4.23. The fraction of sp³-hybridized carbons (Fsp3) is 0.583. The summed E-state index contributed by atoms with van der Waals surface area (Å²) in [6.45, 7) is 6.82. The Morgan fingerprint density at radius 1 is 1.57 bits per heavy atom. The van der Waals surface area contributed by atoms with Crippen molar-refractivity contribution in [2.24, 2.45) is 0 Å². The van der Waals surface area contributed by atoms with Gasteiger partial charge in [-0.05, 0) is 50.0 Å². The van der Waals surface area contributed by atoms with E-state index < -0.39 is 0 Å². The number of rotatable bonds is 2. The van der Waals surface area contributed by atoms with E-state index in [1.54, 1.807) is 0 Å². The number of hydrogen-bond acceptors (Lipinski definition) is 2. The van der Waals surface area contributed by atoms with Crippen molar-refractivity contribution in [3.8, 4) is 0 Å². The van der Waals surface area contributed by atoms with Gasteiger partial charge in [-0.3, -0.25) is 9.88 Å². The van der Waals surface area contributed by atoms with Crippen molar-refractivity contribution in [2.75, 3.05) is 13.1 Å². The van der Waals surface area contributed by atoms with Gasteiger partial charge in [0.1, 0.15) is 0 Å². The monoisotopic (exact) mass is 190 g/mol. The Kier molecular flexibility index (Phi) is 2.82. The summed E-state index contributed by atoms with van der Waals surface area (Å²) in [5, 5.41) is 0. The van der Waals surface area contributed by atoms with Crippen LogP contribution in [0.4, 0.5) is 0 Å². The Morgan fingerprint density at radius 2 is 2.43 bits per heavy atom. The molecular weight excluding hydrogens is 172 g/mol. The van der Waals surface area contributed by atoms with Crippen molar-refractivity contribution in [1.29, 1.82) is 0 Å². The van der Waals surface area contributed by atoms with Crippen molar-refractivity contribution >= 4 is 0 Å². The van der Waals surface area contributed by atoms with E-state index in [1.807, 2.05) is 12.4 Å². The van der Waals surface area contributed by atoms with Gasteiger partial charge >= 0.3 is 0 Å². The van der Waals surface area contributed by atoms with Crippen LogP contribution in [-0.2, 0) is 0 Å². The maximum Gasteiger partial charge on any atom is 0.0366 e. The van der Waals surface area contributed by atoms with Crippen LogP contribution in [0.1, 0.15) is 36.9 Å². The highest BCUT2D eigenvalue weighted by Gasteiger charge is 2.25. The van der Waals surface area contributed by atoms with E-state index in [2.05, 4.69) is 29.8 Å². The molecule has 1 aromatic heterocycles. The lowest BCUT2D eigenvalue weighted by Gasteiger charge is -2.23. The minimum atomic E-state index is 0.619. The number of nitrogens with zero attached hydrogens (tertiary/aromatic N) is 2. The quantitative estimate of drug-likeness (QED) is 0.712. The zero-order valence-corrected chi connectivity index (χ0v) is 9.03. The van der Waals surface area contributed by atoms with Crippen LogP contribution in [-0.4, -0.2) is 23.0 Å². The van der Waals surface area contributed by atoms with Gasteiger partial charge in [-0.2, -0.15) is 0 Å². The first-order chi connectivity index (χ1) is 6.83. The fourth-order valence-electron chi connectivity index (χ4n) is 2.38. The Morgan fingerprint density at radius 3 is 3.14 bits per heavy atom. The van der Waals surface area contributed by atoms with Gasteiger partial charge in [-0.15, -0.1) is 0 Å². The third-order valence-corrected chi connectivity index (χ3v) is 3.21. The van der Waals surface area contributed by atoms with Gasteiger partial charge in [-0.25, -0.2) is 0 Å². The van der Waals surface area contributed by atoms with Gasteiger partial charge < -0.3 is 0 Å². The van der Waals surface area contributed by atoms with Crippen LogP contribution in [0.5, 0.6) is 0 Å². The second-order valence-electron chi connectivity index (χ2n) is 4.02. The van der Waals surface area contributed by atoms with E-state index in [9.17, 15) is 0 Å². The lowest BCUT2D eigenvalue weighted by atomic mass is 10.0. The molecule has 2 heterocycles. The molecule has 0 aromatic carbocycles. The molecule has 14 heavy (non-hydrogen) atoms. The smallest absolute Gasteiger partial charge is 0.0366 e. The Labute approximate surface area is 86.0 Å². The molecule has 0 saturated carbocycles. The minimum Gasteiger partial charge on any atom is -0.297 e. The zero-order chi connectivity index (χ0) is 9.97. The van der Waals surface area contributed by atoms with Gasteiger partial charge in [0.2, 0.25) is 0 Å². The normalized spacial score (nSPS) is 22.9. The summed E-state index contributed by atoms with van der Waals surface area (Å²) in [6, 6.07) is 2.73. The summed E-state index contributed by atoms with van der Waals surface area (Å²) >= 11 is 0. The number of hydrogen-bond donors (Lipinski definition) is 0. The molecule has 1 aliphatic heterocycles. The molecule has 1 fully saturated rings. The van der Waals surface area contributed by atoms with E-state index >= 15 is 0 Å². The van der Waals surface area contributed by atoms with Crippen LogP contribution in [0.3, 0.4) is 0 Å². The molecule has 1 saturated heterocycles. The standard InChI is InChI=1S/C12H18N2/c1-3-14-8-4-5-12(14)11-9-13-7-6-10(11)2/h6-7,9,12H,3-5,8H2,1-2H3. The molecule has 0 aliphatic carbocycles. The molecule has 0 bridgehead atoms. The molecule has 1 aliphatic rings. The van der Waals surface area contributed by atoms with Crippen molar-refractivity contribution < 1.29 is 0 Å². The summed E-state index contributed by atoms with van der Waals surface area (Å²) in [5.74, 6) is 0. The lowest BCUT2D eigenvalue weighted by molar-refractivity contribution is 0.270. The molecule has 1 unspecified atom stereocenters.